The summed E-state index contributed by atoms with van der Waals surface area (Å²) in [6.07, 6.45) is 6.59. The van der Waals surface area contributed by atoms with Crippen LogP contribution in [0.5, 0.6) is 0 Å². The minimum atomic E-state index is -0.0278. The molecule has 0 radical (unpaired) electrons. The van der Waals surface area contributed by atoms with E-state index in [0.29, 0.717) is 0 Å². The molecule has 1 saturated carbocycles. The quantitative estimate of drug-likeness (QED) is 0.880. The zero-order chi connectivity index (χ0) is 13.3. The van der Waals surface area contributed by atoms with E-state index >= 15 is 0 Å². The lowest BCUT2D eigenvalue weighted by atomic mass is 9.71. The van der Waals surface area contributed by atoms with Crippen molar-refractivity contribution in [1.82, 2.24) is 19.9 Å². The fraction of sp³-hybridized carbons (Fsp3) is 0.846. The maximum absolute atomic E-state index is 6.55. The van der Waals surface area contributed by atoms with Crippen LogP contribution in [0.3, 0.4) is 0 Å². The molecule has 0 amide bonds. The minimum Gasteiger partial charge on any atom is -0.321 e. The van der Waals surface area contributed by atoms with Crippen molar-refractivity contribution < 1.29 is 0 Å². The molecule has 0 saturated heterocycles. The maximum Gasteiger partial charge on any atom is 0.0770 e. The van der Waals surface area contributed by atoms with Gasteiger partial charge in [-0.25, -0.2) is 0 Å². The van der Waals surface area contributed by atoms with Gasteiger partial charge >= 0.3 is 0 Å². The molecule has 5 nitrogen and oxygen atoms in total. The van der Waals surface area contributed by atoms with Gasteiger partial charge < -0.3 is 10.6 Å². The number of aryl methyl sites for hydroxylation is 1. The highest BCUT2D eigenvalue weighted by Gasteiger charge is 2.43. The molecular weight excluding hydrogens is 226 g/mol. The van der Waals surface area contributed by atoms with Crippen molar-refractivity contribution in [3.63, 3.8) is 0 Å². The maximum atomic E-state index is 6.55. The highest BCUT2D eigenvalue weighted by molar-refractivity contribution is 5.12. The Labute approximate surface area is 109 Å². The minimum absolute atomic E-state index is 0.0278. The van der Waals surface area contributed by atoms with Gasteiger partial charge in [0.2, 0.25) is 0 Å². The van der Waals surface area contributed by atoms with Gasteiger partial charge in [0.15, 0.2) is 0 Å². The second kappa shape index (κ2) is 4.97. The van der Waals surface area contributed by atoms with Crippen LogP contribution >= 0.6 is 0 Å². The Bertz CT molecular complexity index is 390. The van der Waals surface area contributed by atoms with Gasteiger partial charge in [-0.3, -0.25) is 4.68 Å². The van der Waals surface area contributed by atoms with Gasteiger partial charge in [0, 0.05) is 12.6 Å². The largest absolute Gasteiger partial charge is 0.321 e. The lowest BCUT2D eigenvalue weighted by Gasteiger charge is -2.48. The summed E-state index contributed by atoms with van der Waals surface area (Å²) in [5, 5.41) is 7.96. The first-order valence-corrected chi connectivity index (χ1v) is 6.75. The normalized spacial score (nSPS) is 30.7. The molecule has 2 N–H and O–H groups in total. The summed E-state index contributed by atoms with van der Waals surface area (Å²) < 4.78 is 1.80. The molecular formula is C13H25N5. The van der Waals surface area contributed by atoms with E-state index in [1.165, 1.54) is 12.8 Å². The molecule has 0 bridgehead atoms. The predicted molar refractivity (Wildman–Crippen MR) is 72.0 cm³/mol. The third kappa shape index (κ3) is 2.17. The Morgan fingerprint density at radius 2 is 2.06 bits per heavy atom. The number of nitrogens with zero attached hydrogens (tertiary/aromatic N) is 4. The number of rotatable bonds is 3. The lowest BCUT2D eigenvalue weighted by Crippen LogP contribution is -2.54. The van der Waals surface area contributed by atoms with Crippen LogP contribution in [0.15, 0.2) is 6.20 Å². The second-order valence-corrected chi connectivity index (χ2v) is 5.94. The van der Waals surface area contributed by atoms with Crippen LogP contribution in [-0.2, 0) is 7.05 Å². The molecule has 1 aromatic rings. The summed E-state index contributed by atoms with van der Waals surface area (Å²) in [6.45, 7) is 2.33. The van der Waals surface area contributed by atoms with E-state index in [2.05, 4.69) is 36.2 Å². The number of aromatic nitrogens is 3. The highest BCUT2D eigenvalue weighted by atomic mass is 15.4. The third-order valence-electron chi connectivity index (χ3n) is 4.68. The number of nitrogens with two attached hydrogens (primary N) is 1. The molecule has 0 spiro atoms. The van der Waals surface area contributed by atoms with Crippen molar-refractivity contribution >= 4 is 0 Å². The summed E-state index contributed by atoms with van der Waals surface area (Å²) in [6, 6.07) is -0.0278. The molecule has 1 unspecified atom stereocenters. The van der Waals surface area contributed by atoms with Gasteiger partial charge in [0.05, 0.1) is 17.9 Å². The standard InChI is InChI=1S/C13H25N5/c1-10-5-7-13(8-6-10,17(2)3)12(14)11-9-15-16-18(11)4/h9-10,12H,5-8,14H2,1-4H3. The van der Waals surface area contributed by atoms with E-state index < -0.39 is 0 Å². The Hall–Kier alpha value is -0.940. The molecule has 1 atom stereocenters. The number of hydrogen-bond acceptors (Lipinski definition) is 4. The van der Waals surface area contributed by atoms with E-state index in [1.54, 1.807) is 10.9 Å². The Morgan fingerprint density at radius 3 is 2.50 bits per heavy atom. The van der Waals surface area contributed by atoms with Crippen molar-refractivity contribution in [2.45, 2.75) is 44.2 Å². The monoisotopic (exact) mass is 251 g/mol. The topological polar surface area (TPSA) is 60.0 Å². The summed E-state index contributed by atoms with van der Waals surface area (Å²) in [5.74, 6) is 0.815. The van der Waals surface area contributed by atoms with Crippen LogP contribution in [0.4, 0.5) is 0 Å². The van der Waals surface area contributed by atoms with Gasteiger partial charge in [-0.15, -0.1) is 5.10 Å². The average Bonchev–Trinajstić information content (AvgIpc) is 2.75. The summed E-state index contributed by atoms with van der Waals surface area (Å²) in [7, 11) is 6.19. The van der Waals surface area contributed by atoms with Crippen molar-refractivity contribution in [2.75, 3.05) is 14.1 Å². The Balaban J connectivity index is 2.28. The molecule has 102 valence electrons. The van der Waals surface area contributed by atoms with Gasteiger partial charge in [0.1, 0.15) is 0 Å². The number of likely N-dealkylation sites (N-methyl/N-ethyl adjacent to an activating group) is 1. The van der Waals surface area contributed by atoms with E-state index in [0.717, 1.165) is 24.5 Å². The molecule has 0 aliphatic heterocycles. The summed E-state index contributed by atoms with van der Waals surface area (Å²) in [4.78, 5) is 2.30. The highest BCUT2D eigenvalue weighted by Crippen LogP contribution is 2.42. The number of hydrogen-bond donors (Lipinski definition) is 1. The van der Waals surface area contributed by atoms with Gasteiger partial charge in [-0.1, -0.05) is 12.1 Å². The molecule has 2 rings (SSSR count). The van der Waals surface area contributed by atoms with Gasteiger partial charge in [-0.05, 0) is 45.7 Å². The molecule has 1 aliphatic rings. The van der Waals surface area contributed by atoms with Crippen LogP contribution < -0.4 is 5.73 Å². The van der Waals surface area contributed by atoms with E-state index in [-0.39, 0.29) is 11.6 Å². The van der Waals surface area contributed by atoms with Crippen molar-refractivity contribution in [2.24, 2.45) is 18.7 Å². The summed E-state index contributed by atoms with van der Waals surface area (Å²) >= 11 is 0. The van der Waals surface area contributed by atoms with Crippen LogP contribution in [0, 0.1) is 5.92 Å². The molecule has 1 heterocycles. The third-order valence-corrected chi connectivity index (χ3v) is 4.68. The van der Waals surface area contributed by atoms with Crippen LogP contribution in [-0.4, -0.2) is 39.5 Å². The molecule has 0 aromatic carbocycles. The fourth-order valence-electron chi connectivity index (χ4n) is 3.15. The molecule has 18 heavy (non-hydrogen) atoms. The molecule has 5 heteroatoms. The Morgan fingerprint density at radius 1 is 1.44 bits per heavy atom. The predicted octanol–water partition coefficient (Wildman–Crippen LogP) is 1.33. The first-order valence-electron chi connectivity index (χ1n) is 6.75. The molecule has 1 aromatic heterocycles. The van der Waals surface area contributed by atoms with Crippen LogP contribution in [0.1, 0.15) is 44.3 Å². The first kappa shape index (κ1) is 13.5. The lowest BCUT2D eigenvalue weighted by molar-refractivity contribution is 0.0539. The average molecular weight is 251 g/mol. The first-order chi connectivity index (χ1) is 8.47. The zero-order valence-electron chi connectivity index (χ0n) is 11.9. The van der Waals surface area contributed by atoms with Crippen LogP contribution in [0.25, 0.3) is 0 Å². The van der Waals surface area contributed by atoms with Crippen LogP contribution in [0.2, 0.25) is 0 Å². The second-order valence-electron chi connectivity index (χ2n) is 5.94. The zero-order valence-corrected chi connectivity index (χ0v) is 11.9. The molecule has 1 aliphatic carbocycles. The van der Waals surface area contributed by atoms with Crippen molar-refractivity contribution in [3.8, 4) is 0 Å². The van der Waals surface area contributed by atoms with E-state index in [4.69, 9.17) is 5.73 Å². The van der Waals surface area contributed by atoms with Gasteiger partial charge in [0.25, 0.3) is 0 Å². The smallest absolute Gasteiger partial charge is 0.0770 e. The van der Waals surface area contributed by atoms with Gasteiger partial charge in [-0.2, -0.15) is 0 Å². The van der Waals surface area contributed by atoms with E-state index in [9.17, 15) is 0 Å². The van der Waals surface area contributed by atoms with E-state index in [1.807, 2.05) is 7.05 Å². The summed E-state index contributed by atoms with van der Waals surface area (Å²) in [5.41, 5.74) is 7.62. The molecule has 1 fully saturated rings. The Kier molecular flexibility index (Phi) is 3.73. The fourth-order valence-corrected chi connectivity index (χ4v) is 3.15. The van der Waals surface area contributed by atoms with Crippen molar-refractivity contribution in [1.29, 1.82) is 0 Å². The van der Waals surface area contributed by atoms with Crippen molar-refractivity contribution in [3.05, 3.63) is 11.9 Å². The SMILES string of the molecule is CC1CCC(C(N)c2cnnn2C)(N(C)C)CC1.